The fourth-order valence-electron chi connectivity index (χ4n) is 4.72. The number of benzene rings is 3. The SMILES string of the molecule is CCCN1C(=O)NC(c2cccc(NC(=O)Nc3ccc(C(C)C)cc3)c2)C(C(=O)OCC)=C1c1ccccc1. The van der Waals surface area contributed by atoms with Gasteiger partial charge in [-0.3, -0.25) is 4.90 Å². The Bertz CT molecular complexity index is 1380. The molecule has 8 nitrogen and oxygen atoms in total. The largest absolute Gasteiger partial charge is 0.463 e. The van der Waals surface area contributed by atoms with E-state index in [1.807, 2.05) is 67.6 Å². The van der Waals surface area contributed by atoms with Gasteiger partial charge < -0.3 is 20.7 Å². The lowest BCUT2D eigenvalue weighted by Crippen LogP contribution is -2.48. The van der Waals surface area contributed by atoms with Crippen LogP contribution in [0.1, 0.15) is 62.8 Å². The van der Waals surface area contributed by atoms with E-state index >= 15 is 0 Å². The summed E-state index contributed by atoms with van der Waals surface area (Å²) in [5.74, 6) is -0.107. The average molecular weight is 541 g/mol. The van der Waals surface area contributed by atoms with Crippen LogP contribution in [0.15, 0.2) is 84.4 Å². The molecule has 40 heavy (non-hydrogen) atoms. The molecular formula is C32H36N4O4. The van der Waals surface area contributed by atoms with Crippen LogP contribution in [0.25, 0.3) is 5.70 Å². The maximum Gasteiger partial charge on any atom is 0.338 e. The first-order valence-electron chi connectivity index (χ1n) is 13.6. The summed E-state index contributed by atoms with van der Waals surface area (Å²) in [4.78, 5) is 41.1. The van der Waals surface area contributed by atoms with Gasteiger partial charge in [-0.2, -0.15) is 0 Å². The lowest BCUT2D eigenvalue weighted by molar-refractivity contribution is -0.138. The molecule has 208 valence electrons. The van der Waals surface area contributed by atoms with Crippen LogP contribution in [0, 0.1) is 0 Å². The van der Waals surface area contributed by atoms with Gasteiger partial charge in [0.05, 0.1) is 23.9 Å². The van der Waals surface area contributed by atoms with E-state index in [2.05, 4.69) is 29.8 Å². The van der Waals surface area contributed by atoms with Crippen molar-refractivity contribution in [2.45, 2.75) is 46.1 Å². The van der Waals surface area contributed by atoms with E-state index < -0.39 is 18.0 Å². The molecule has 3 aromatic rings. The van der Waals surface area contributed by atoms with Crippen molar-refractivity contribution in [1.29, 1.82) is 0 Å². The molecule has 0 radical (unpaired) electrons. The topological polar surface area (TPSA) is 99.8 Å². The summed E-state index contributed by atoms with van der Waals surface area (Å²) in [5, 5.41) is 8.69. The first-order chi connectivity index (χ1) is 19.3. The van der Waals surface area contributed by atoms with Crippen LogP contribution in [-0.2, 0) is 9.53 Å². The summed E-state index contributed by atoms with van der Waals surface area (Å²) in [6.07, 6.45) is 0.708. The van der Waals surface area contributed by atoms with Gasteiger partial charge in [0.15, 0.2) is 0 Å². The number of urea groups is 2. The van der Waals surface area contributed by atoms with Crippen LogP contribution in [0.3, 0.4) is 0 Å². The van der Waals surface area contributed by atoms with Gasteiger partial charge in [-0.1, -0.05) is 75.4 Å². The first-order valence-corrected chi connectivity index (χ1v) is 13.6. The van der Waals surface area contributed by atoms with E-state index in [-0.39, 0.29) is 12.6 Å². The van der Waals surface area contributed by atoms with Crippen LogP contribution >= 0.6 is 0 Å². The summed E-state index contributed by atoms with van der Waals surface area (Å²) < 4.78 is 5.48. The van der Waals surface area contributed by atoms with Gasteiger partial charge in [0, 0.05) is 17.9 Å². The Morgan fingerprint density at radius 1 is 0.925 bits per heavy atom. The number of hydrogen-bond donors (Lipinski definition) is 3. The molecule has 0 aromatic heterocycles. The normalized spacial score (nSPS) is 15.1. The highest BCUT2D eigenvalue weighted by Crippen LogP contribution is 2.37. The van der Waals surface area contributed by atoms with Crippen molar-refractivity contribution in [3.8, 4) is 0 Å². The molecule has 4 rings (SSSR count). The molecule has 3 N–H and O–H groups in total. The van der Waals surface area contributed by atoms with Crippen molar-refractivity contribution in [2.75, 3.05) is 23.8 Å². The number of nitrogens with zero attached hydrogens (tertiary/aromatic N) is 1. The Hall–Kier alpha value is -4.59. The van der Waals surface area contributed by atoms with Crippen LogP contribution in [0.4, 0.5) is 21.0 Å². The van der Waals surface area contributed by atoms with Gasteiger partial charge in [-0.25, -0.2) is 14.4 Å². The minimum absolute atomic E-state index is 0.193. The maximum absolute atomic E-state index is 13.4. The summed E-state index contributed by atoms with van der Waals surface area (Å²) >= 11 is 0. The van der Waals surface area contributed by atoms with Gasteiger partial charge in [0.1, 0.15) is 0 Å². The number of esters is 1. The number of amides is 4. The summed E-state index contributed by atoms with van der Waals surface area (Å²) in [6, 6.07) is 22.7. The predicted molar refractivity (Wildman–Crippen MR) is 158 cm³/mol. The number of carbonyl (C=O) groups excluding carboxylic acids is 3. The predicted octanol–water partition coefficient (Wildman–Crippen LogP) is 6.90. The molecule has 0 fully saturated rings. The third-order valence-corrected chi connectivity index (χ3v) is 6.63. The fourth-order valence-corrected chi connectivity index (χ4v) is 4.72. The van der Waals surface area contributed by atoms with Gasteiger partial charge in [0.25, 0.3) is 0 Å². The Morgan fingerprint density at radius 3 is 2.27 bits per heavy atom. The van der Waals surface area contributed by atoms with Crippen molar-refractivity contribution in [3.63, 3.8) is 0 Å². The molecule has 0 saturated heterocycles. The van der Waals surface area contributed by atoms with Crippen LogP contribution in [0.5, 0.6) is 0 Å². The molecule has 3 aromatic carbocycles. The molecule has 0 bridgehead atoms. The minimum Gasteiger partial charge on any atom is -0.463 e. The van der Waals surface area contributed by atoms with Crippen molar-refractivity contribution in [1.82, 2.24) is 10.2 Å². The fraction of sp³-hybridized carbons (Fsp3) is 0.281. The molecule has 4 amide bonds. The van der Waals surface area contributed by atoms with E-state index in [0.29, 0.717) is 47.1 Å². The monoisotopic (exact) mass is 540 g/mol. The molecular weight excluding hydrogens is 504 g/mol. The molecule has 0 saturated carbocycles. The van der Waals surface area contributed by atoms with Crippen molar-refractivity contribution >= 4 is 35.1 Å². The number of anilines is 2. The Balaban J connectivity index is 1.67. The maximum atomic E-state index is 13.4. The molecule has 1 unspecified atom stereocenters. The van der Waals surface area contributed by atoms with E-state index in [4.69, 9.17) is 4.74 Å². The molecule has 1 aliphatic rings. The second-order valence-corrected chi connectivity index (χ2v) is 9.86. The zero-order valence-electron chi connectivity index (χ0n) is 23.4. The number of ether oxygens (including phenoxy) is 1. The third-order valence-electron chi connectivity index (χ3n) is 6.63. The summed E-state index contributed by atoms with van der Waals surface area (Å²) in [5.41, 5.74) is 4.63. The second kappa shape index (κ2) is 13.0. The molecule has 1 atom stereocenters. The number of hydrogen-bond acceptors (Lipinski definition) is 4. The third kappa shape index (κ3) is 6.51. The van der Waals surface area contributed by atoms with Crippen LogP contribution < -0.4 is 16.0 Å². The second-order valence-electron chi connectivity index (χ2n) is 9.86. The number of rotatable bonds is 9. The lowest BCUT2D eigenvalue weighted by atomic mass is 9.91. The number of carbonyl (C=O) groups is 3. The van der Waals surface area contributed by atoms with Gasteiger partial charge in [-0.05, 0) is 60.2 Å². The first kappa shape index (κ1) is 28.4. The standard InChI is InChI=1S/C32H36N4O4/c1-5-19-36-29(23-11-8-7-9-12-23)27(30(37)40-6-2)28(35-32(36)39)24-13-10-14-26(20-24)34-31(38)33-25-17-15-22(16-18-25)21(3)4/h7-18,20-21,28H,5-6,19H2,1-4H3,(H,35,39)(H2,33,34,38). The van der Waals surface area contributed by atoms with Crippen molar-refractivity contribution in [2.24, 2.45) is 0 Å². The molecule has 1 aliphatic heterocycles. The summed E-state index contributed by atoms with van der Waals surface area (Å²) in [6.45, 7) is 8.59. The minimum atomic E-state index is -0.775. The zero-order valence-corrected chi connectivity index (χ0v) is 23.4. The van der Waals surface area contributed by atoms with Gasteiger partial charge in [-0.15, -0.1) is 0 Å². The van der Waals surface area contributed by atoms with Crippen LogP contribution in [-0.4, -0.2) is 36.1 Å². The molecule has 0 aliphatic carbocycles. The summed E-state index contributed by atoms with van der Waals surface area (Å²) in [7, 11) is 0. The van der Waals surface area contributed by atoms with E-state index in [1.54, 1.807) is 30.0 Å². The van der Waals surface area contributed by atoms with Crippen LogP contribution in [0.2, 0.25) is 0 Å². The highest BCUT2D eigenvalue weighted by Gasteiger charge is 2.38. The Kier molecular flexibility index (Phi) is 9.22. The van der Waals surface area contributed by atoms with Gasteiger partial charge >= 0.3 is 18.0 Å². The average Bonchev–Trinajstić information content (AvgIpc) is 2.94. The Morgan fingerprint density at radius 2 is 1.62 bits per heavy atom. The molecule has 8 heteroatoms. The Labute approximate surface area is 235 Å². The highest BCUT2D eigenvalue weighted by molar-refractivity contribution is 6.05. The van der Waals surface area contributed by atoms with E-state index in [1.165, 1.54) is 5.56 Å². The zero-order chi connectivity index (χ0) is 28.6. The highest BCUT2D eigenvalue weighted by atomic mass is 16.5. The molecule has 1 heterocycles. The van der Waals surface area contributed by atoms with Gasteiger partial charge in [0.2, 0.25) is 0 Å². The van der Waals surface area contributed by atoms with Crippen molar-refractivity contribution in [3.05, 3.63) is 101 Å². The number of nitrogens with one attached hydrogen (secondary N) is 3. The van der Waals surface area contributed by atoms with E-state index in [0.717, 1.165) is 5.56 Å². The smallest absolute Gasteiger partial charge is 0.338 e. The molecule has 0 spiro atoms. The quantitative estimate of drug-likeness (QED) is 0.257. The van der Waals surface area contributed by atoms with Crippen molar-refractivity contribution < 1.29 is 19.1 Å². The lowest BCUT2D eigenvalue weighted by Gasteiger charge is -2.37. The van der Waals surface area contributed by atoms with E-state index in [9.17, 15) is 14.4 Å².